The summed E-state index contributed by atoms with van der Waals surface area (Å²) in [5.74, 6) is 0. The topological polar surface area (TPSA) is 40.7 Å². The molecule has 2 heterocycles. The van der Waals surface area contributed by atoms with Crippen LogP contribution in [-0.4, -0.2) is 9.97 Å². The van der Waals surface area contributed by atoms with E-state index in [-0.39, 0.29) is 0 Å². The van der Waals surface area contributed by atoms with E-state index in [2.05, 4.69) is 21.6 Å². The van der Waals surface area contributed by atoms with Crippen molar-refractivity contribution in [3.8, 4) is 0 Å². The minimum absolute atomic E-state index is 0.898. The smallest absolute Gasteiger partial charge is 0.174 e. The molecule has 3 heteroatoms. The van der Waals surface area contributed by atoms with Crippen LogP contribution in [0.3, 0.4) is 0 Å². The first-order valence-electron chi connectivity index (χ1n) is 2.61. The lowest BCUT2D eigenvalue weighted by molar-refractivity contribution is 0.742. The zero-order chi connectivity index (χ0) is 5.40. The molecule has 0 saturated carbocycles. The number of aromatic amines is 1. The van der Waals surface area contributed by atoms with Crippen LogP contribution in [0.2, 0.25) is 0 Å². The average molecular weight is 108 g/mol. The van der Waals surface area contributed by atoms with Gasteiger partial charge < -0.3 is 10.3 Å². The molecular weight excluding hydrogens is 102 g/mol. The summed E-state index contributed by atoms with van der Waals surface area (Å²) in [7, 11) is 0. The van der Waals surface area contributed by atoms with Gasteiger partial charge in [-0.3, -0.25) is 0 Å². The molecule has 2 rings (SSSR count). The molecule has 0 amide bonds. The first kappa shape index (κ1) is 4.09. The molecule has 0 saturated heterocycles. The predicted molar refractivity (Wildman–Crippen MR) is 28.0 cm³/mol. The Balaban J connectivity index is 2.54. The van der Waals surface area contributed by atoms with E-state index in [1.54, 1.807) is 0 Å². The maximum atomic E-state index is 3.95. The van der Waals surface area contributed by atoms with E-state index < -0.39 is 0 Å². The second-order valence-electron chi connectivity index (χ2n) is 1.88. The van der Waals surface area contributed by atoms with Crippen LogP contribution in [0.15, 0.2) is 0 Å². The summed E-state index contributed by atoms with van der Waals surface area (Å²) < 4.78 is 0. The van der Waals surface area contributed by atoms with E-state index in [9.17, 15) is 0 Å². The molecule has 3 nitrogen and oxygen atoms in total. The largest absolute Gasteiger partial charge is 0.338 e. The van der Waals surface area contributed by atoms with Crippen molar-refractivity contribution in [1.82, 2.24) is 15.3 Å². The van der Waals surface area contributed by atoms with Crippen LogP contribution in [0, 0.1) is 6.33 Å². The summed E-state index contributed by atoms with van der Waals surface area (Å²) in [6.45, 7) is 1.82. The van der Waals surface area contributed by atoms with Crippen LogP contribution >= 0.6 is 0 Å². The Bertz CT molecular complexity index is 173. The highest BCUT2D eigenvalue weighted by Crippen LogP contribution is 2.06. The standard InChI is InChI=1S/C5H6N3/c1-4-5(2-6-1)8-3-7-4/h6H,1-2H2,(H,7,8). The lowest BCUT2D eigenvalue weighted by atomic mass is 10.4. The average Bonchev–Trinajstić information content (AvgIpc) is 2.15. The van der Waals surface area contributed by atoms with Crippen LogP contribution in [-0.2, 0) is 13.1 Å². The number of nitrogens with one attached hydrogen (secondary N) is 2. The van der Waals surface area contributed by atoms with Crippen LogP contribution in [0.5, 0.6) is 0 Å². The van der Waals surface area contributed by atoms with Gasteiger partial charge in [-0.2, -0.15) is 0 Å². The van der Waals surface area contributed by atoms with Gasteiger partial charge in [-0.05, 0) is 0 Å². The van der Waals surface area contributed by atoms with Crippen molar-refractivity contribution in [3.63, 3.8) is 0 Å². The maximum absolute atomic E-state index is 3.95. The molecule has 8 heavy (non-hydrogen) atoms. The van der Waals surface area contributed by atoms with E-state index in [1.165, 1.54) is 5.69 Å². The van der Waals surface area contributed by atoms with E-state index >= 15 is 0 Å². The van der Waals surface area contributed by atoms with Gasteiger partial charge in [-0.1, -0.05) is 0 Å². The Hall–Kier alpha value is -0.830. The van der Waals surface area contributed by atoms with Gasteiger partial charge in [0.1, 0.15) is 0 Å². The van der Waals surface area contributed by atoms with Gasteiger partial charge in [0.15, 0.2) is 6.33 Å². The quantitative estimate of drug-likeness (QED) is 0.483. The third-order valence-corrected chi connectivity index (χ3v) is 1.34. The van der Waals surface area contributed by atoms with E-state index in [1.807, 2.05) is 0 Å². The van der Waals surface area contributed by atoms with Crippen LogP contribution < -0.4 is 5.32 Å². The maximum Gasteiger partial charge on any atom is 0.174 e. The van der Waals surface area contributed by atoms with Gasteiger partial charge in [0.25, 0.3) is 0 Å². The monoisotopic (exact) mass is 108 g/mol. The fourth-order valence-electron chi connectivity index (χ4n) is 0.901. The van der Waals surface area contributed by atoms with E-state index in [4.69, 9.17) is 0 Å². The normalized spacial score (nSPS) is 16.5. The second kappa shape index (κ2) is 1.32. The van der Waals surface area contributed by atoms with Gasteiger partial charge in [0, 0.05) is 13.1 Å². The fraction of sp³-hybridized carbons (Fsp3) is 0.400. The SMILES string of the molecule is [c]1nc2c([nH]1)CNC2. The Morgan fingerprint density at radius 2 is 2.50 bits per heavy atom. The molecule has 41 valence electrons. The molecular formula is C5H6N3. The summed E-state index contributed by atoms with van der Waals surface area (Å²) in [6.07, 6.45) is 2.69. The van der Waals surface area contributed by atoms with E-state index in [0.717, 1.165) is 18.8 Å². The zero-order valence-electron chi connectivity index (χ0n) is 4.36. The number of hydrogen-bond donors (Lipinski definition) is 2. The fourth-order valence-corrected chi connectivity index (χ4v) is 0.901. The third kappa shape index (κ3) is 0.391. The van der Waals surface area contributed by atoms with Crippen molar-refractivity contribution < 1.29 is 0 Å². The highest BCUT2D eigenvalue weighted by molar-refractivity contribution is 5.14. The van der Waals surface area contributed by atoms with Crippen molar-refractivity contribution in [2.24, 2.45) is 0 Å². The number of aromatic nitrogens is 2. The molecule has 1 radical (unpaired) electrons. The Morgan fingerprint density at radius 1 is 1.50 bits per heavy atom. The van der Waals surface area contributed by atoms with Gasteiger partial charge in [-0.15, -0.1) is 0 Å². The van der Waals surface area contributed by atoms with Crippen molar-refractivity contribution in [3.05, 3.63) is 17.7 Å². The number of nitrogens with zero attached hydrogens (tertiary/aromatic N) is 1. The van der Waals surface area contributed by atoms with Crippen LogP contribution in [0.4, 0.5) is 0 Å². The van der Waals surface area contributed by atoms with Gasteiger partial charge >= 0.3 is 0 Å². The Labute approximate surface area is 47.1 Å². The Morgan fingerprint density at radius 3 is 3.38 bits per heavy atom. The number of imidazole rings is 1. The summed E-state index contributed by atoms with van der Waals surface area (Å²) in [6, 6.07) is 0. The first-order valence-corrected chi connectivity index (χ1v) is 2.61. The molecule has 0 unspecified atom stereocenters. The predicted octanol–water partition coefficient (Wildman–Crippen LogP) is -0.187. The van der Waals surface area contributed by atoms with E-state index in [0.29, 0.717) is 0 Å². The van der Waals surface area contributed by atoms with Gasteiger partial charge in [0.05, 0.1) is 11.4 Å². The molecule has 0 aliphatic carbocycles. The summed E-state index contributed by atoms with van der Waals surface area (Å²) >= 11 is 0. The number of H-pyrrole nitrogens is 1. The molecule has 0 fully saturated rings. The molecule has 1 aliphatic rings. The third-order valence-electron chi connectivity index (χ3n) is 1.34. The molecule has 1 aliphatic heterocycles. The minimum atomic E-state index is 0.898. The second-order valence-corrected chi connectivity index (χ2v) is 1.88. The molecule has 0 spiro atoms. The highest BCUT2D eigenvalue weighted by Gasteiger charge is 2.10. The lowest BCUT2D eigenvalue weighted by Crippen LogP contribution is -2.01. The number of hydrogen-bond acceptors (Lipinski definition) is 2. The number of rotatable bonds is 0. The first-order chi connectivity index (χ1) is 3.97. The molecule has 0 aromatic carbocycles. The molecule has 1 aromatic rings. The van der Waals surface area contributed by atoms with Gasteiger partial charge in [0.2, 0.25) is 0 Å². The van der Waals surface area contributed by atoms with Gasteiger partial charge in [-0.25, -0.2) is 4.98 Å². The molecule has 0 bridgehead atoms. The summed E-state index contributed by atoms with van der Waals surface area (Å²) in [4.78, 5) is 6.87. The van der Waals surface area contributed by atoms with Crippen LogP contribution in [0.25, 0.3) is 0 Å². The summed E-state index contributed by atoms with van der Waals surface area (Å²) in [5, 5.41) is 3.15. The molecule has 2 N–H and O–H groups in total. The lowest BCUT2D eigenvalue weighted by Gasteiger charge is -1.81. The zero-order valence-corrected chi connectivity index (χ0v) is 4.36. The Kier molecular flexibility index (Phi) is 0.676. The van der Waals surface area contributed by atoms with Crippen molar-refractivity contribution >= 4 is 0 Å². The highest BCUT2D eigenvalue weighted by atomic mass is 15.0. The van der Waals surface area contributed by atoms with Crippen molar-refractivity contribution in [2.45, 2.75) is 13.1 Å². The molecule has 1 aromatic heterocycles. The molecule has 0 atom stereocenters. The van der Waals surface area contributed by atoms with Crippen molar-refractivity contribution in [2.75, 3.05) is 0 Å². The van der Waals surface area contributed by atoms with Crippen molar-refractivity contribution in [1.29, 1.82) is 0 Å². The van der Waals surface area contributed by atoms with Crippen LogP contribution in [0.1, 0.15) is 11.4 Å². The minimum Gasteiger partial charge on any atom is -0.338 e. The summed E-state index contributed by atoms with van der Waals surface area (Å²) in [5.41, 5.74) is 2.30. The number of fused-ring (bicyclic) bond motifs is 1.